The first kappa shape index (κ1) is 20.8. The molecule has 0 radical (unpaired) electrons. The van der Waals surface area contributed by atoms with Crippen molar-refractivity contribution in [1.29, 1.82) is 0 Å². The minimum atomic E-state index is -3.31. The van der Waals surface area contributed by atoms with Crippen molar-refractivity contribution in [3.63, 3.8) is 0 Å². The van der Waals surface area contributed by atoms with E-state index in [2.05, 4.69) is 15.3 Å². The number of carbonyl (C=O) groups is 1. The molecule has 0 fully saturated rings. The van der Waals surface area contributed by atoms with Gasteiger partial charge in [-0.25, -0.2) is 18.4 Å². The van der Waals surface area contributed by atoms with E-state index in [1.54, 1.807) is 43.0 Å². The lowest BCUT2D eigenvalue weighted by Crippen LogP contribution is -2.19. The maximum absolute atomic E-state index is 12.4. The summed E-state index contributed by atoms with van der Waals surface area (Å²) in [5.41, 5.74) is 2.72. The number of aromatic nitrogens is 2. The number of nitrogens with one attached hydrogen (secondary N) is 1. The number of anilines is 2. The monoisotopic (exact) mass is 390 g/mol. The van der Waals surface area contributed by atoms with E-state index < -0.39 is 15.1 Å². The molecule has 1 N–H and O–H groups in total. The topological polar surface area (TPSA) is 92.3 Å². The van der Waals surface area contributed by atoms with E-state index >= 15 is 0 Å². The molecular weight excluding hydrogens is 364 g/mol. The lowest BCUT2D eigenvalue weighted by atomic mass is 10.1. The highest BCUT2D eigenvalue weighted by molar-refractivity contribution is 7.92. The predicted octanol–water partition coefficient (Wildman–Crippen LogP) is 2.52. The van der Waals surface area contributed by atoms with E-state index in [-0.39, 0.29) is 17.2 Å². The number of hydrogen-bond acceptors (Lipinski definition) is 6. The van der Waals surface area contributed by atoms with Gasteiger partial charge >= 0.3 is 0 Å². The summed E-state index contributed by atoms with van der Waals surface area (Å²) >= 11 is 0. The summed E-state index contributed by atoms with van der Waals surface area (Å²) in [4.78, 5) is 23.2. The molecule has 0 aliphatic carbocycles. The summed E-state index contributed by atoms with van der Waals surface area (Å²) in [6.45, 7) is 6.93. The van der Waals surface area contributed by atoms with Crippen LogP contribution in [-0.4, -0.2) is 43.6 Å². The van der Waals surface area contributed by atoms with Gasteiger partial charge in [0.2, 0.25) is 11.9 Å². The first-order valence-electron chi connectivity index (χ1n) is 8.67. The van der Waals surface area contributed by atoms with Gasteiger partial charge in [-0.1, -0.05) is 12.1 Å². The zero-order chi connectivity index (χ0) is 20.4. The Bertz CT molecular complexity index is 913. The van der Waals surface area contributed by atoms with Gasteiger partial charge in [0.15, 0.2) is 9.84 Å². The average molecular weight is 391 g/mol. The Morgan fingerprint density at radius 3 is 2.04 bits per heavy atom. The molecule has 8 heteroatoms. The van der Waals surface area contributed by atoms with Gasteiger partial charge in [0.05, 0.1) is 33.6 Å². The number of benzene rings is 1. The molecule has 2 rings (SSSR count). The molecule has 27 heavy (non-hydrogen) atoms. The van der Waals surface area contributed by atoms with Crippen LogP contribution in [0.5, 0.6) is 0 Å². The molecule has 1 aromatic carbocycles. The second-order valence-electron chi connectivity index (χ2n) is 6.93. The number of amides is 1. The highest BCUT2D eigenvalue weighted by Gasteiger charge is 2.19. The van der Waals surface area contributed by atoms with Gasteiger partial charge in [0.1, 0.15) is 0 Å². The maximum Gasteiger partial charge on any atom is 0.228 e. The van der Waals surface area contributed by atoms with Crippen LogP contribution in [0.25, 0.3) is 0 Å². The number of nitrogens with zero attached hydrogens (tertiary/aromatic N) is 3. The SMILES string of the molecule is Cc1nc(N(C)C)nc(C)c1NC(=O)Cc1ccc(S(=O)(=O)C(C)C)cc1. The number of hydrogen-bond donors (Lipinski definition) is 1. The van der Waals surface area contributed by atoms with Crippen molar-refractivity contribution in [2.45, 2.75) is 44.3 Å². The van der Waals surface area contributed by atoms with Crippen LogP contribution in [0.3, 0.4) is 0 Å². The molecule has 1 amide bonds. The van der Waals surface area contributed by atoms with E-state index in [1.807, 2.05) is 27.9 Å². The van der Waals surface area contributed by atoms with Gasteiger partial charge in [-0.3, -0.25) is 4.79 Å². The number of sulfone groups is 1. The standard InChI is InChI=1S/C19H26N4O3S/c1-12(2)27(25,26)16-9-7-15(8-10-16)11-17(24)22-18-13(3)20-19(23(5)6)21-14(18)4/h7-10,12H,11H2,1-6H3,(H,22,24). The van der Waals surface area contributed by atoms with Crippen LogP contribution in [0.4, 0.5) is 11.6 Å². The van der Waals surface area contributed by atoms with Gasteiger partial charge in [0, 0.05) is 14.1 Å². The fraction of sp³-hybridized carbons (Fsp3) is 0.421. The second kappa shape index (κ2) is 8.04. The van der Waals surface area contributed by atoms with Crippen LogP contribution in [0.15, 0.2) is 29.2 Å². The number of aryl methyl sites for hydroxylation is 2. The number of rotatable bonds is 6. The zero-order valence-corrected chi connectivity index (χ0v) is 17.4. The molecule has 0 bridgehead atoms. The predicted molar refractivity (Wildman–Crippen MR) is 107 cm³/mol. The molecule has 0 aliphatic heterocycles. The van der Waals surface area contributed by atoms with Gasteiger partial charge in [-0.2, -0.15) is 0 Å². The zero-order valence-electron chi connectivity index (χ0n) is 16.6. The Hall–Kier alpha value is -2.48. The van der Waals surface area contributed by atoms with Crippen molar-refractivity contribution < 1.29 is 13.2 Å². The van der Waals surface area contributed by atoms with Crippen LogP contribution in [0.1, 0.15) is 30.8 Å². The summed E-state index contributed by atoms with van der Waals surface area (Å²) in [7, 11) is 0.399. The summed E-state index contributed by atoms with van der Waals surface area (Å²) in [6.07, 6.45) is 0.135. The van der Waals surface area contributed by atoms with Crippen LogP contribution in [0.2, 0.25) is 0 Å². The maximum atomic E-state index is 12.4. The molecule has 146 valence electrons. The van der Waals surface area contributed by atoms with Gasteiger partial charge < -0.3 is 10.2 Å². The average Bonchev–Trinajstić information content (AvgIpc) is 2.58. The Labute approximate surface area is 160 Å². The third-order valence-electron chi connectivity index (χ3n) is 4.16. The van der Waals surface area contributed by atoms with E-state index in [1.165, 1.54) is 0 Å². The summed E-state index contributed by atoms with van der Waals surface area (Å²) in [5.74, 6) is 0.381. The van der Waals surface area contributed by atoms with E-state index in [4.69, 9.17) is 0 Å². The van der Waals surface area contributed by atoms with E-state index in [9.17, 15) is 13.2 Å². The fourth-order valence-electron chi connectivity index (χ4n) is 2.52. The first-order valence-corrected chi connectivity index (χ1v) is 10.2. The summed E-state index contributed by atoms with van der Waals surface area (Å²) < 4.78 is 24.3. The normalized spacial score (nSPS) is 11.5. The van der Waals surface area contributed by atoms with Crippen LogP contribution < -0.4 is 10.2 Å². The van der Waals surface area contributed by atoms with E-state index in [0.717, 1.165) is 5.56 Å². The van der Waals surface area contributed by atoms with Crippen LogP contribution in [-0.2, 0) is 21.1 Å². The Balaban J connectivity index is 2.13. The molecule has 0 unspecified atom stereocenters. The molecular formula is C19H26N4O3S. The quantitative estimate of drug-likeness (QED) is 0.815. The highest BCUT2D eigenvalue weighted by atomic mass is 32.2. The molecule has 7 nitrogen and oxygen atoms in total. The van der Waals surface area contributed by atoms with Crippen molar-refractivity contribution in [2.75, 3.05) is 24.3 Å². The van der Waals surface area contributed by atoms with Crippen LogP contribution in [0, 0.1) is 13.8 Å². The molecule has 2 aromatic rings. The van der Waals surface area contributed by atoms with Gasteiger partial charge in [-0.05, 0) is 45.4 Å². The molecule has 0 saturated carbocycles. The Kier molecular flexibility index (Phi) is 6.20. The van der Waals surface area contributed by atoms with Crippen LogP contribution >= 0.6 is 0 Å². The van der Waals surface area contributed by atoms with Crippen molar-refractivity contribution in [3.8, 4) is 0 Å². The lowest BCUT2D eigenvalue weighted by molar-refractivity contribution is -0.115. The van der Waals surface area contributed by atoms with Gasteiger partial charge in [0.25, 0.3) is 0 Å². The molecule has 1 aromatic heterocycles. The molecule has 0 aliphatic rings. The van der Waals surface area contributed by atoms with Crippen molar-refractivity contribution >= 4 is 27.4 Å². The van der Waals surface area contributed by atoms with Gasteiger partial charge in [-0.15, -0.1) is 0 Å². The van der Waals surface area contributed by atoms with Crippen molar-refractivity contribution in [1.82, 2.24) is 9.97 Å². The van der Waals surface area contributed by atoms with E-state index in [0.29, 0.717) is 23.0 Å². The minimum absolute atomic E-state index is 0.135. The fourth-order valence-corrected chi connectivity index (χ4v) is 3.58. The smallest absolute Gasteiger partial charge is 0.228 e. The third-order valence-corrected chi connectivity index (χ3v) is 6.33. The molecule has 0 saturated heterocycles. The third kappa shape index (κ3) is 4.82. The lowest BCUT2D eigenvalue weighted by Gasteiger charge is -2.15. The van der Waals surface area contributed by atoms with Crippen molar-refractivity contribution in [3.05, 3.63) is 41.2 Å². The largest absolute Gasteiger partial charge is 0.347 e. The highest BCUT2D eigenvalue weighted by Crippen LogP contribution is 2.20. The molecule has 0 atom stereocenters. The Morgan fingerprint density at radius 2 is 1.59 bits per heavy atom. The first-order chi connectivity index (χ1) is 12.5. The Morgan fingerprint density at radius 1 is 1.07 bits per heavy atom. The second-order valence-corrected chi connectivity index (χ2v) is 9.43. The molecule has 0 spiro atoms. The molecule has 1 heterocycles. The summed E-state index contributed by atoms with van der Waals surface area (Å²) in [6, 6.07) is 6.42. The number of carbonyl (C=O) groups excluding carboxylic acids is 1. The van der Waals surface area contributed by atoms with Crippen molar-refractivity contribution in [2.24, 2.45) is 0 Å². The summed E-state index contributed by atoms with van der Waals surface area (Å²) in [5, 5.41) is 2.37. The minimum Gasteiger partial charge on any atom is -0.347 e.